The molecule has 0 N–H and O–H groups in total. The average molecular weight is 445 g/mol. The summed E-state index contributed by atoms with van der Waals surface area (Å²) in [5, 5.41) is 8.97. The van der Waals surface area contributed by atoms with Crippen LogP contribution in [0.3, 0.4) is 0 Å². The molecule has 0 amide bonds. The van der Waals surface area contributed by atoms with Gasteiger partial charge in [-0.2, -0.15) is 18.4 Å². The van der Waals surface area contributed by atoms with Gasteiger partial charge in [0.15, 0.2) is 0 Å². The largest absolute Gasteiger partial charge is 0.416 e. The highest BCUT2D eigenvalue weighted by molar-refractivity contribution is 8.05. The summed E-state index contributed by atoms with van der Waals surface area (Å²) in [7, 11) is 1.18. The van der Waals surface area contributed by atoms with E-state index in [2.05, 4.69) is 4.52 Å². The summed E-state index contributed by atoms with van der Waals surface area (Å²) in [6.45, 7) is 0. The molecule has 1 aromatic rings. The molecule has 136 valence electrons. The van der Waals surface area contributed by atoms with Crippen LogP contribution in [0.15, 0.2) is 18.2 Å². The summed E-state index contributed by atoms with van der Waals surface area (Å²) >= 11 is 20.7. The second-order valence-corrected chi connectivity index (χ2v) is 9.54. The molecule has 0 spiro atoms. The van der Waals surface area contributed by atoms with E-state index in [1.807, 2.05) is 6.07 Å². The fourth-order valence-electron chi connectivity index (χ4n) is 1.65. The van der Waals surface area contributed by atoms with Crippen LogP contribution in [-0.2, 0) is 15.3 Å². The van der Waals surface area contributed by atoms with Gasteiger partial charge in [-0.3, -0.25) is 4.57 Å². The summed E-state index contributed by atoms with van der Waals surface area (Å²) in [4.78, 5) is 0. The van der Waals surface area contributed by atoms with Gasteiger partial charge in [-0.1, -0.05) is 17.7 Å². The van der Waals surface area contributed by atoms with Gasteiger partial charge in [0.1, 0.15) is 0 Å². The Kier molecular flexibility index (Phi) is 10.7. The van der Waals surface area contributed by atoms with Crippen LogP contribution in [0.25, 0.3) is 0 Å². The lowest BCUT2D eigenvalue weighted by atomic mass is 9.91. The maximum atomic E-state index is 12.9. The highest BCUT2D eigenvalue weighted by atomic mass is 35.9. The topological polar surface area (TPSA) is 50.1 Å². The highest BCUT2D eigenvalue weighted by Crippen LogP contribution is 2.56. The number of nitriles is 1. The monoisotopic (exact) mass is 443 g/mol. The van der Waals surface area contributed by atoms with Crippen molar-refractivity contribution in [3.8, 4) is 6.07 Å². The van der Waals surface area contributed by atoms with E-state index in [9.17, 15) is 17.7 Å². The molecule has 0 saturated heterocycles. The lowest BCUT2D eigenvalue weighted by Crippen LogP contribution is -2.12. The lowest BCUT2D eigenvalue weighted by Gasteiger charge is -2.16. The molecule has 3 nitrogen and oxygen atoms in total. The van der Waals surface area contributed by atoms with Crippen LogP contribution in [0.1, 0.15) is 29.9 Å². The Balaban J connectivity index is 0.000000754. The first-order chi connectivity index (χ1) is 11.0. The molecule has 24 heavy (non-hydrogen) atoms. The third-order valence-corrected chi connectivity index (χ3v) is 4.45. The molecular weight excluding hydrogens is 432 g/mol. The zero-order valence-corrected chi connectivity index (χ0v) is 16.2. The Morgan fingerprint density at radius 3 is 2.29 bits per heavy atom. The molecule has 0 aliphatic heterocycles. The summed E-state index contributed by atoms with van der Waals surface area (Å²) < 4.78 is 52.5. The third-order valence-electron chi connectivity index (χ3n) is 2.69. The van der Waals surface area contributed by atoms with Crippen LogP contribution < -0.4 is 0 Å². The highest BCUT2D eigenvalue weighted by Gasteiger charge is 2.35. The van der Waals surface area contributed by atoms with Gasteiger partial charge in [-0.15, -0.1) is 11.6 Å². The molecule has 11 heteroatoms. The third kappa shape index (κ3) is 9.36. The molecule has 0 aliphatic rings. The molecule has 1 unspecified atom stereocenters. The summed E-state index contributed by atoms with van der Waals surface area (Å²) in [6.07, 6.45) is -6.94. The SMILES string of the molecule is COP(=O)(Cl)Cl.N#CC(CCCCl)c1ccc(Cl)cc1C(F)(F)F. The van der Waals surface area contributed by atoms with E-state index in [1.54, 1.807) is 0 Å². The molecule has 0 aliphatic carbocycles. The van der Waals surface area contributed by atoms with Crippen molar-refractivity contribution in [2.75, 3.05) is 13.0 Å². The molecule has 1 atom stereocenters. The van der Waals surface area contributed by atoms with Gasteiger partial charge in [0.05, 0.1) is 17.6 Å². The van der Waals surface area contributed by atoms with Crippen LogP contribution in [0, 0.1) is 11.3 Å². The number of rotatable bonds is 5. The molecule has 0 saturated carbocycles. The van der Waals surface area contributed by atoms with E-state index in [0.717, 1.165) is 6.07 Å². The number of halogens is 7. The van der Waals surface area contributed by atoms with Gasteiger partial charge in [0.2, 0.25) is 0 Å². The van der Waals surface area contributed by atoms with Gasteiger partial charge < -0.3 is 4.52 Å². The van der Waals surface area contributed by atoms with Crippen LogP contribution in [0.4, 0.5) is 13.2 Å². The van der Waals surface area contributed by atoms with E-state index >= 15 is 0 Å². The Morgan fingerprint density at radius 2 is 1.92 bits per heavy atom. The second kappa shape index (κ2) is 10.8. The van der Waals surface area contributed by atoms with E-state index in [1.165, 1.54) is 19.2 Å². The lowest BCUT2D eigenvalue weighted by molar-refractivity contribution is -0.138. The molecule has 1 aromatic carbocycles. The van der Waals surface area contributed by atoms with Crippen molar-refractivity contribution in [3.63, 3.8) is 0 Å². The molecular formula is C13H13Cl4F3NO2P. The van der Waals surface area contributed by atoms with Crippen molar-refractivity contribution in [2.45, 2.75) is 24.9 Å². The van der Waals surface area contributed by atoms with Gasteiger partial charge in [-0.05, 0) is 53.0 Å². The minimum Gasteiger partial charge on any atom is -0.310 e. The number of hydrogen-bond donors (Lipinski definition) is 0. The summed E-state index contributed by atoms with van der Waals surface area (Å²) in [5.74, 6) is -0.509. The Hall–Kier alpha value is -0.150. The zero-order chi connectivity index (χ0) is 19.0. The first-order valence-electron chi connectivity index (χ1n) is 6.33. The zero-order valence-electron chi connectivity index (χ0n) is 12.3. The van der Waals surface area contributed by atoms with E-state index in [0.29, 0.717) is 18.7 Å². The molecule has 0 aromatic heterocycles. The maximum Gasteiger partial charge on any atom is 0.416 e. The smallest absolute Gasteiger partial charge is 0.310 e. The van der Waals surface area contributed by atoms with Gasteiger partial charge in [-0.25, -0.2) is 0 Å². The Morgan fingerprint density at radius 1 is 1.38 bits per heavy atom. The van der Waals surface area contributed by atoms with Crippen molar-refractivity contribution in [2.24, 2.45) is 0 Å². The van der Waals surface area contributed by atoms with Crippen molar-refractivity contribution in [1.82, 2.24) is 0 Å². The van der Waals surface area contributed by atoms with E-state index in [4.69, 9.17) is 50.9 Å². The predicted octanol–water partition coefficient (Wildman–Crippen LogP) is 7.20. The van der Waals surface area contributed by atoms with Crippen LogP contribution in [0.2, 0.25) is 5.02 Å². The fourth-order valence-corrected chi connectivity index (χ4v) is 1.98. The standard InChI is InChI=1S/C12H10Cl2F3N.CH3Cl2O2P/c13-5-1-2-8(7-18)10-4-3-9(14)6-11(10)12(15,16)17;1-5-6(2,3)4/h3-4,6,8H,1-2,5H2;1H3. The van der Waals surface area contributed by atoms with E-state index in [-0.39, 0.29) is 10.6 Å². The van der Waals surface area contributed by atoms with Crippen LogP contribution in [0.5, 0.6) is 0 Å². The predicted molar refractivity (Wildman–Crippen MR) is 91.1 cm³/mol. The second-order valence-electron chi connectivity index (χ2n) is 4.34. The quantitative estimate of drug-likeness (QED) is 0.356. The van der Waals surface area contributed by atoms with Gasteiger partial charge in [0.25, 0.3) is 0 Å². The summed E-state index contributed by atoms with van der Waals surface area (Å²) in [6, 6.07) is 5.35. The van der Waals surface area contributed by atoms with Crippen molar-refractivity contribution >= 4 is 51.8 Å². The number of hydrogen-bond acceptors (Lipinski definition) is 3. The molecule has 0 fully saturated rings. The number of benzene rings is 1. The minimum absolute atomic E-state index is 0.000100. The van der Waals surface area contributed by atoms with Crippen molar-refractivity contribution in [1.29, 1.82) is 5.26 Å². The number of nitrogens with zero attached hydrogens (tertiary/aromatic N) is 1. The molecule has 0 heterocycles. The van der Waals surface area contributed by atoms with Crippen molar-refractivity contribution in [3.05, 3.63) is 34.3 Å². The Labute approximate surface area is 157 Å². The minimum atomic E-state index is -4.52. The van der Waals surface area contributed by atoms with Gasteiger partial charge in [0, 0.05) is 18.0 Å². The molecule has 1 rings (SSSR count). The van der Waals surface area contributed by atoms with Crippen LogP contribution in [-0.4, -0.2) is 13.0 Å². The average Bonchev–Trinajstić information content (AvgIpc) is 2.48. The molecule has 0 bridgehead atoms. The first-order valence-corrected chi connectivity index (χ1v) is 10.7. The van der Waals surface area contributed by atoms with Crippen molar-refractivity contribution < 1.29 is 22.3 Å². The normalized spacial score (nSPS) is 12.8. The van der Waals surface area contributed by atoms with Crippen LogP contribution >= 0.6 is 51.8 Å². The maximum absolute atomic E-state index is 12.9. The Bertz CT molecular complexity index is 616. The fraction of sp³-hybridized carbons (Fsp3) is 0.462. The summed E-state index contributed by atoms with van der Waals surface area (Å²) in [5.41, 5.74) is -0.893. The number of alkyl halides is 4. The molecule has 0 radical (unpaired) electrons. The first kappa shape index (κ1) is 23.9. The van der Waals surface area contributed by atoms with Gasteiger partial charge >= 0.3 is 12.3 Å². The van der Waals surface area contributed by atoms with E-state index < -0.39 is 23.7 Å².